The highest BCUT2D eigenvalue weighted by Crippen LogP contribution is 2.35. The van der Waals surface area contributed by atoms with Gasteiger partial charge in [0.1, 0.15) is 12.4 Å². The minimum Gasteiger partial charge on any atom is -0.487 e. The summed E-state index contributed by atoms with van der Waals surface area (Å²) in [7, 11) is 0. The zero-order valence-corrected chi connectivity index (χ0v) is 19.3. The van der Waals surface area contributed by atoms with Crippen molar-refractivity contribution >= 4 is 59.2 Å². The second-order valence-corrected chi connectivity index (χ2v) is 8.59. The molecule has 0 fully saturated rings. The Bertz CT molecular complexity index is 954. The summed E-state index contributed by atoms with van der Waals surface area (Å²) in [5.74, 6) is 0.738. The summed E-state index contributed by atoms with van der Waals surface area (Å²) in [6.07, 6.45) is 0. The van der Waals surface area contributed by atoms with Crippen molar-refractivity contribution in [2.45, 2.75) is 13.2 Å². The van der Waals surface area contributed by atoms with Crippen molar-refractivity contribution in [2.75, 3.05) is 5.32 Å². The number of benzene rings is 3. The molecule has 8 heteroatoms. The predicted molar refractivity (Wildman–Crippen MR) is 121 cm³/mol. The van der Waals surface area contributed by atoms with Crippen molar-refractivity contribution in [3.05, 3.63) is 95.3 Å². The molecule has 3 rings (SSSR count). The van der Waals surface area contributed by atoms with Crippen LogP contribution in [-0.2, 0) is 13.2 Å². The molecular weight excluding hydrogens is 556 g/mol. The third kappa shape index (κ3) is 5.56. The van der Waals surface area contributed by atoms with Gasteiger partial charge in [0.15, 0.2) is 0 Å². The summed E-state index contributed by atoms with van der Waals surface area (Å²) in [6, 6.07) is 18.3. The van der Waals surface area contributed by atoms with Crippen molar-refractivity contribution in [3.8, 4) is 5.75 Å². The summed E-state index contributed by atoms with van der Waals surface area (Å²) < 4.78 is 8.68. The zero-order chi connectivity index (χ0) is 20.1. The van der Waals surface area contributed by atoms with Crippen molar-refractivity contribution in [3.63, 3.8) is 0 Å². The maximum atomic E-state index is 10.7. The van der Waals surface area contributed by atoms with Gasteiger partial charge in [-0.25, -0.2) is 0 Å². The first kappa shape index (κ1) is 20.8. The van der Waals surface area contributed by atoms with Crippen LogP contribution in [0.4, 0.5) is 11.4 Å². The van der Waals surface area contributed by atoms with Gasteiger partial charge in [0.2, 0.25) is 0 Å². The molecule has 0 atom stereocenters. The van der Waals surface area contributed by atoms with Crippen molar-refractivity contribution in [1.82, 2.24) is 0 Å². The van der Waals surface area contributed by atoms with Crippen LogP contribution in [0.15, 0.2) is 74.1 Å². The average molecular weight is 571 g/mol. The molecule has 0 unspecified atom stereocenters. The number of nitrogens with zero attached hydrogens (tertiary/aromatic N) is 1. The Morgan fingerprint density at radius 1 is 0.893 bits per heavy atom. The van der Waals surface area contributed by atoms with E-state index in [9.17, 15) is 10.1 Å². The van der Waals surface area contributed by atoms with E-state index in [-0.39, 0.29) is 5.69 Å². The summed E-state index contributed by atoms with van der Waals surface area (Å²) >= 11 is 10.6. The van der Waals surface area contributed by atoms with E-state index in [1.165, 1.54) is 12.1 Å². The summed E-state index contributed by atoms with van der Waals surface area (Å²) in [4.78, 5) is 10.3. The predicted octanol–water partition coefficient (Wildman–Crippen LogP) is 7.07. The second-order valence-electron chi connectivity index (χ2n) is 5.96. The topological polar surface area (TPSA) is 64.4 Å². The normalized spacial score (nSPS) is 10.5. The van der Waals surface area contributed by atoms with Gasteiger partial charge < -0.3 is 10.1 Å². The molecule has 0 aliphatic carbocycles. The number of rotatable bonds is 7. The number of hydrogen-bond donors (Lipinski definition) is 1. The molecule has 0 saturated heterocycles. The minimum absolute atomic E-state index is 0.0725. The fraction of sp³-hybridized carbons (Fsp3) is 0.100. The summed E-state index contributed by atoms with van der Waals surface area (Å²) in [5, 5.41) is 14.0. The molecule has 0 radical (unpaired) electrons. The molecule has 3 aromatic carbocycles. The number of nitro benzene ring substituents is 1. The number of nitro groups is 1. The van der Waals surface area contributed by atoms with E-state index in [1.54, 1.807) is 12.1 Å². The number of non-ortho nitro benzene ring substituents is 1. The third-order valence-electron chi connectivity index (χ3n) is 3.93. The Morgan fingerprint density at radius 2 is 1.50 bits per heavy atom. The van der Waals surface area contributed by atoms with Gasteiger partial charge in [0.25, 0.3) is 5.69 Å². The largest absolute Gasteiger partial charge is 0.487 e. The van der Waals surface area contributed by atoms with Crippen LogP contribution in [0, 0.1) is 10.1 Å². The first-order valence-electron chi connectivity index (χ1n) is 8.26. The van der Waals surface area contributed by atoms with E-state index in [0.717, 1.165) is 36.0 Å². The van der Waals surface area contributed by atoms with E-state index >= 15 is 0 Å². The lowest BCUT2D eigenvalue weighted by molar-refractivity contribution is -0.384. The fourth-order valence-electron chi connectivity index (χ4n) is 2.49. The summed E-state index contributed by atoms with van der Waals surface area (Å²) in [6.45, 7) is 1.03. The lowest BCUT2D eigenvalue weighted by atomic mass is 10.2. The van der Waals surface area contributed by atoms with E-state index in [2.05, 4.69) is 53.1 Å². The Morgan fingerprint density at radius 3 is 2.07 bits per heavy atom. The number of halogens is 3. The molecule has 5 nitrogen and oxygen atoms in total. The molecule has 1 N–H and O–H groups in total. The second kappa shape index (κ2) is 9.54. The van der Waals surface area contributed by atoms with E-state index in [0.29, 0.717) is 13.2 Å². The van der Waals surface area contributed by atoms with Crippen LogP contribution in [0.1, 0.15) is 11.1 Å². The van der Waals surface area contributed by atoms with Gasteiger partial charge in [-0.05, 0) is 79.4 Å². The van der Waals surface area contributed by atoms with Gasteiger partial charge in [0.05, 0.1) is 13.9 Å². The molecule has 0 saturated carbocycles. The van der Waals surface area contributed by atoms with Gasteiger partial charge in [-0.15, -0.1) is 0 Å². The SMILES string of the molecule is O=[N+]([O-])c1ccc(NCc2cc(Br)c(OCc3ccc(Br)cc3)c(Br)c2)cc1. The Labute approximate surface area is 187 Å². The highest BCUT2D eigenvalue weighted by atomic mass is 79.9. The Hall–Kier alpha value is -1.90. The first-order chi connectivity index (χ1) is 13.4. The van der Waals surface area contributed by atoms with Crippen LogP contribution in [0.5, 0.6) is 5.75 Å². The van der Waals surface area contributed by atoms with Crippen LogP contribution >= 0.6 is 47.8 Å². The van der Waals surface area contributed by atoms with Gasteiger partial charge in [-0.1, -0.05) is 28.1 Å². The highest BCUT2D eigenvalue weighted by molar-refractivity contribution is 9.11. The van der Waals surface area contributed by atoms with Crippen LogP contribution in [-0.4, -0.2) is 4.92 Å². The van der Waals surface area contributed by atoms with E-state index in [4.69, 9.17) is 4.74 Å². The molecule has 0 bridgehead atoms. The molecule has 0 spiro atoms. The Balaban J connectivity index is 1.64. The number of ether oxygens (including phenoxy) is 1. The maximum Gasteiger partial charge on any atom is 0.269 e. The van der Waals surface area contributed by atoms with Gasteiger partial charge in [-0.2, -0.15) is 0 Å². The van der Waals surface area contributed by atoms with E-state index < -0.39 is 4.92 Å². The molecule has 0 amide bonds. The highest BCUT2D eigenvalue weighted by Gasteiger charge is 2.10. The van der Waals surface area contributed by atoms with Crippen molar-refractivity contribution in [1.29, 1.82) is 0 Å². The van der Waals surface area contributed by atoms with Crippen LogP contribution in [0.3, 0.4) is 0 Å². The van der Waals surface area contributed by atoms with Gasteiger partial charge in [0, 0.05) is 28.8 Å². The fourth-order valence-corrected chi connectivity index (χ4v) is 4.27. The lowest BCUT2D eigenvalue weighted by Crippen LogP contribution is -2.01. The minimum atomic E-state index is -0.412. The summed E-state index contributed by atoms with van der Waals surface area (Å²) in [5.41, 5.74) is 3.00. The average Bonchev–Trinajstić information content (AvgIpc) is 2.67. The van der Waals surface area contributed by atoms with Crippen molar-refractivity contribution in [2.24, 2.45) is 0 Å². The van der Waals surface area contributed by atoms with Gasteiger partial charge in [-0.3, -0.25) is 10.1 Å². The van der Waals surface area contributed by atoms with Crippen LogP contribution in [0.2, 0.25) is 0 Å². The third-order valence-corrected chi connectivity index (χ3v) is 5.64. The Kier molecular flexibility index (Phi) is 7.09. The molecule has 0 heterocycles. The van der Waals surface area contributed by atoms with Gasteiger partial charge >= 0.3 is 0 Å². The quantitative estimate of drug-likeness (QED) is 0.244. The molecule has 0 aromatic heterocycles. The monoisotopic (exact) mass is 568 g/mol. The number of hydrogen-bond acceptors (Lipinski definition) is 4. The molecular formula is C20H15Br3N2O3. The van der Waals surface area contributed by atoms with Crippen molar-refractivity contribution < 1.29 is 9.66 Å². The molecule has 0 aliphatic heterocycles. The zero-order valence-electron chi connectivity index (χ0n) is 14.5. The van der Waals surface area contributed by atoms with E-state index in [1.807, 2.05) is 36.4 Å². The number of nitrogens with one attached hydrogen (secondary N) is 1. The van der Waals surface area contributed by atoms with Crippen LogP contribution in [0.25, 0.3) is 0 Å². The molecule has 3 aromatic rings. The first-order valence-corrected chi connectivity index (χ1v) is 10.6. The molecule has 0 aliphatic rings. The molecule has 144 valence electrons. The van der Waals surface area contributed by atoms with Crippen LogP contribution < -0.4 is 10.1 Å². The number of anilines is 1. The standard InChI is InChI=1S/C20H15Br3N2O3/c21-15-3-1-13(2-4-15)12-28-20-18(22)9-14(10-19(20)23)11-24-16-5-7-17(8-6-16)25(26)27/h1-10,24H,11-12H2. The lowest BCUT2D eigenvalue weighted by Gasteiger charge is -2.13. The smallest absolute Gasteiger partial charge is 0.269 e. The molecule has 28 heavy (non-hydrogen) atoms. The maximum absolute atomic E-state index is 10.7.